The van der Waals surface area contributed by atoms with Gasteiger partial charge in [0.05, 0.1) is 14.2 Å². The monoisotopic (exact) mass is 290 g/mol. The Morgan fingerprint density at radius 2 is 1.86 bits per heavy atom. The Hall–Kier alpha value is -1.26. The van der Waals surface area contributed by atoms with Crippen LogP contribution in [0.15, 0.2) is 12.1 Å². The summed E-state index contributed by atoms with van der Waals surface area (Å²) < 4.78 is 10.8. The first-order valence-corrected chi connectivity index (χ1v) is 7.86. The van der Waals surface area contributed by atoms with Gasteiger partial charge in [0.2, 0.25) is 0 Å². The summed E-state index contributed by atoms with van der Waals surface area (Å²) in [6.45, 7) is 7.98. The molecule has 3 rings (SSSR count). The summed E-state index contributed by atoms with van der Waals surface area (Å²) in [5.41, 5.74) is 2.62. The molecule has 0 aromatic heterocycles. The quantitative estimate of drug-likeness (QED) is 0.920. The largest absolute Gasteiger partial charge is 0.493 e. The SMILES string of the molecule is COc1cc(C)c(CN2CCC3CNCC3C2)cc1OC. The van der Waals surface area contributed by atoms with E-state index in [2.05, 4.69) is 29.3 Å². The zero-order valence-corrected chi connectivity index (χ0v) is 13.3. The first-order valence-electron chi connectivity index (χ1n) is 7.86. The lowest BCUT2D eigenvalue weighted by atomic mass is 9.88. The fraction of sp³-hybridized carbons (Fsp3) is 0.647. The highest BCUT2D eigenvalue weighted by Gasteiger charge is 2.32. The number of hydrogen-bond donors (Lipinski definition) is 1. The molecule has 2 aliphatic heterocycles. The highest BCUT2D eigenvalue weighted by Crippen LogP contribution is 2.32. The number of nitrogens with zero attached hydrogens (tertiary/aromatic N) is 1. The summed E-state index contributed by atoms with van der Waals surface area (Å²) in [7, 11) is 3.39. The van der Waals surface area contributed by atoms with Gasteiger partial charge in [0.15, 0.2) is 11.5 Å². The van der Waals surface area contributed by atoms with Crippen LogP contribution in [0.5, 0.6) is 11.5 Å². The number of nitrogens with one attached hydrogen (secondary N) is 1. The standard InChI is InChI=1S/C17H26N2O2/c1-12-6-16(20-2)17(21-3)7-14(12)10-19-5-4-13-8-18-9-15(13)11-19/h6-7,13,15,18H,4-5,8-11H2,1-3H3. The zero-order valence-electron chi connectivity index (χ0n) is 13.3. The minimum Gasteiger partial charge on any atom is -0.493 e. The van der Waals surface area contributed by atoms with Crippen LogP contribution in [0.3, 0.4) is 0 Å². The van der Waals surface area contributed by atoms with E-state index in [4.69, 9.17) is 9.47 Å². The van der Waals surface area contributed by atoms with Crippen molar-refractivity contribution in [3.63, 3.8) is 0 Å². The number of piperidine rings is 1. The fourth-order valence-corrected chi connectivity index (χ4v) is 3.69. The molecule has 4 heteroatoms. The van der Waals surface area contributed by atoms with Crippen LogP contribution in [0, 0.1) is 18.8 Å². The normalized spacial score (nSPS) is 25.7. The maximum absolute atomic E-state index is 5.44. The lowest BCUT2D eigenvalue weighted by Gasteiger charge is -2.34. The van der Waals surface area contributed by atoms with Gasteiger partial charge in [-0.1, -0.05) is 0 Å². The molecule has 21 heavy (non-hydrogen) atoms. The molecule has 2 saturated heterocycles. The number of rotatable bonds is 4. The summed E-state index contributed by atoms with van der Waals surface area (Å²) in [6.07, 6.45) is 1.32. The third-order valence-electron chi connectivity index (χ3n) is 5.02. The molecule has 0 amide bonds. The minimum absolute atomic E-state index is 0.817. The fourth-order valence-electron chi connectivity index (χ4n) is 3.69. The van der Waals surface area contributed by atoms with Crippen molar-refractivity contribution < 1.29 is 9.47 Å². The molecule has 1 N–H and O–H groups in total. The molecule has 1 aromatic carbocycles. The van der Waals surface area contributed by atoms with E-state index in [1.54, 1.807) is 14.2 Å². The van der Waals surface area contributed by atoms with E-state index in [1.807, 2.05) is 0 Å². The molecule has 0 aliphatic carbocycles. The molecule has 0 saturated carbocycles. The van der Waals surface area contributed by atoms with Crippen LogP contribution in [-0.2, 0) is 6.54 Å². The van der Waals surface area contributed by atoms with Crippen LogP contribution < -0.4 is 14.8 Å². The van der Waals surface area contributed by atoms with Crippen molar-refractivity contribution in [2.24, 2.45) is 11.8 Å². The van der Waals surface area contributed by atoms with Crippen molar-refractivity contribution in [3.05, 3.63) is 23.3 Å². The Labute approximate surface area is 127 Å². The Kier molecular flexibility index (Phi) is 4.36. The number of aryl methyl sites for hydroxylation is 1. The van der Waals surface area contributed by atoms with Gasteiger partial charge in [-0.15, -0.1) is 0 Å². The van der Waals surface area contributed by atoms with E-state index in [0.29, 0.717) is 0 Å². The first kappa shape index (κ1) is 14.7. The van der Waals surface area contributed by atoms with Gasteiger partial charge in [-0.2, -0.15) is 0 Å². The van der Waals surface area contributed by atoms with Gasteiger partial charge >= 0.3 is 0 Å². The van der Waals surface area contributed by atoms with Crippen LogP contribution in [0.25, 0.3) is 0 Å². The Morgan fingerprint density at radius 3 is 2.62 bits per heavy atom. The van der Waals surface area contributed by atoms with E-state index >= 15 is 0 Å². The average Bonchev–Trinajstić information content (AvgIpc) is 2.96. The number of hydrogen-bond acceptors (Lipinski definition) is 4. The molecule has 4 nitrogen and oxygen atoms in total. The summed E-state index contributed by atoms with van der Waals surface area (Å²) in [5.74, 6) is 3.37. The highest BCUT2D eigenvalue weighted by atomic mass is 16.5. The Balaban J connectivity index is 1.72. The Morgan fingerprint density at radius 1 is 1.14 bits per heavy atom. The molecule has 0 bridgehead atoms. The zero-order chi connectivity index (χ0) is 14.8. The number of benzene rings is 1. The van der Waals surface area contributed by atoms with Gasteiger partial charge in [0.1, 0.15) is 0 Å². The van der Waals surface area contributed by atoms with E-state index in [-0.39, 0.29) is 0 Å². The first-order chi connectivity index (χ1) is 10.2. The molecular weight excluding hydrogens is 264 g/mol. The van der Waals surface area contributed by atoms with Crippen molar-refractivity contribution >= 4 is 0 Å². The predicted octanol–water partition coefficient (Wildman–Crippen LogP) is 2.05. The smallest absolute Gasteiger partial charge is 0.161 e. The van der Waals surface area contributed by atoms with Crippen molar-refractivity contribution in [1.82, 2.24) is 10.2 Å². The third kappa shape index (κ3) is 3.01. The summed E-state index contributed by atoms with van der Waals surface area (Å²) in [6, 6.07) is 4.21. The van der Waals surface area contributed by atoms with Crippen molar-refractivity contribution in [1.29, 1.82) is 0 Å². The molecule has 2 atom stereocenters. The van der Waals surface area contributed by atoms with Gasteiger partial charge in [0.25, 0.3) is 0 Å². The number of methoxy groups -OCH3 is 2. The molecule has 0 radical (unpaired) electrons. The molecule has 1 aromatic rings. The van der Waals surface area contributed by atoms with Crippen LogP contribution in [0.1, 0.15) is 17.5 Å². The average molecular weight is 290 g/mol. The van der Waals surface area contributed by atoms with Crippen LogP contribution in [0.4, 0.5) is 0 Å². The molecule has 0 spiro atoms. The van der Waals surface area contributed by atoms with Gasteiger partial charge in [-0.05, 0) is 68.1 Å². The second-order valence-corrected chi connectivity index (χ2v) is 6.34. The van der Waals surface area contributed by atoms with Crippen LogP contribution in [0.2, 0.25) is 0 Å². The lowest BCUT2D eigenvalue weighted by Crippen LogP contribution is -2.39. The number of likely N-dealkylation sites (tertiary alicyclic amines) is 1. The van der Waals surface area contributed by atoms with E-state index in [0.717, 1.165) is 29.9 Å². The van der Waals surface area contributed by atoms with Crippen LogP contribution >= 0.6 is 0 Å². The summed E-state index contributed by atoms with van der Waals surface area (Å²) >= 11 is 0. The molecular formula is C17H26N2O2. The summed E-state index contributed by atoms with van der Waals surface area (Å²) in [4.78, 5) is 2.59. The number of fused-ring (bicyclic) bond motifs is 1. The number of ether oxygens (including phenoxy) is 2. The summed E-state index contributed by atoms with van der Waals surface area (Å²) in [5, 5.41) is 3.53. The third-order valence-corrected chi connectivity index (χ3v) is 5.02. The second kappa shape index (κ2) is 6.24. The van der Waals surface area contributed by atoms with E-state index in [9.17, 15) is 0 Å². The van der Waals surface area contributed by atoms with Gasteiger partial charge in [-0.3, -0.25) is 4.90 Å². The van der Waals surface area contributed by atoms with Crippen molar-refractivity contribution in [2.45, 2.75) is 19.9 Å². The highest BCUT2D eigenvalue weighted by molar-refractivity contribution is 5.47. The molecule has 2 heterocycles. The molecule has 2 fully saturated rings. The maximum Gasteiger partial charge on any atom is 0.161 e. The molecule has 2 unspecified atom stereocenters. The van der Waals surface area contributed by atoms with Gasteiger partial charge in [-0.25, -0.2) is 0 Å². The van der Waals surface area contributed by atoms with Crippen molar-refractivity contribution in [3.8, 4) is 11.5 Å². The maximum atomic E-state index is 5.44. The predicted molar refractivity (Wildman–Crippen MR) is 84.0 cm³/mol. The molecule has 2 aliphatic rings. The topological polar surface area (TPSA) is 33.7 Å². The van der Waals surface area contributed by atoms with Crippen LogP contribution in [-0.4, -0.2) is 45.3 Å². The minimum atomic E-state index is 0.817. The molecule has 116 valence electrons. The van der Waals surface area contributed by atoms with E-state index in [1.165, 1.54) is 43.7 Å². The van der Waals surface area contributed by atoms with Gasteiger partial charge in [0, 0.05) is 13.1 Å². The second-order valence-electron chi connectivity index (χ2n) is 6.34. The van der Waals surface area contributed by atoms with Crippen molar-refractivity contribution in [2.75, 3.05) is 40.4 Å². The Bertz CT molecular complexity index is 504. The van der Waals surface area contributed by atoms with E-state index < -0.39 is 0 Å². The van der Waals surface area contributed by atoms with Gasteiger partial charge < -0.3 is 14.8 Å². The lowest BCUT2D eigenvalue weighted by molar-refractivity contribution is 0.142.